The van der Waals surface area contributed by atoms with Gasteiger partial charge >= 0.3 is 6.09 Å². The van der Waals surface area contributed by atoms with Crippen molar-refractivity contribution in [3.05, 3.63) is 58.9 Å². The fraction of sp³-hybridized carbons (Fsp3) is 0.360. The van der Waals surface area contributed by atoms with Crippen molar-refractivity contribution in [3.8, 4) is 5.75 Å². The van der Waals surface area contributed by atoms with E-state index in [9.17, 15) is 23.6 Å². The van der Waals surface area contributed by atoms with Crippen molar-refractivity contribution >= 4 is 30.3 Å². The van der Waals surface area contributed by atoms with Crippen molar-refractivity contribution in [3.63, 3.8) is 0 Å². The largest absolute Gasteiger partial charge is 0.414 e. The van der Waals surface area contributed by atoms with E-state index < -0.39 is 18.0 Å². The number of rotatable bonds is 12. The number of ether oxygens (including phenoxy) is 1. The minimum Gasteiger partial charge on any atom is -0.410 e. The van der Waals surface area contributed by atoms with E-state index in [0.717, 1.165) is 12.6 Å². The Morgan fingerprint density at radius 2 is 1.89 bits per heavy atom. The van der Waals surface area contributed by atoms with Crippen molar-refractivity contribution in [1.82, 2.24) is 15.1 Å². The highest BCUT2D eigenvalue weighted by Crippen LogP contribution is 2.25. The number of carbonyl (C=O) groups excluding carboxylic acids is 4. The number of aldehydes is 2. The molecule has 35 heavy (non-hydrogen) atoms. The zero-order valence-corrected chi connectivity index (χ0v) is 20.3. The monoisotopic (exact) mass is 486 g/mol. The first-order valence-electron chi connectivity index (χ1n) is 11.1. The maximum absolute atomic E-state index is 14.4. The van der Waals surface area contributed by atoms with Crippen LogP contribution < -0.4 is 15.4 Å². The predicted molar refractivity (Wildman–Crippen MR) is 130 cm³/mol. The Balaban J connectivity index is 2.27. The van der Waals surface area contributed by atoms with Crippen LogP contribution in [0, 0.1) is 5.82 Å². The van der Waals surface area contributed by atoms with E-state index in [4.69, 9.17) is 4.74 Å². The number of hydrogen-bond acceptors (Lipinski definition) is 7. The van der Waals surface area contributed by atoms with Crippen LogP contribution in [0.3, 0.4) is 0 Å². The summed E-state index contributed by atoms with van der Waals surface area (Å²) in [5.74, 6) is -0.522. The van der Waals surface area contributed by atoms with Crippen LogP contribution in [0.4, 0.5) is 14.9 Å². The summed E-state index contributed by atoms with van der Waals surface area (Å²) < 4.78 is 19.7. The van der Waals surface area contributed by atoms with Crippen molar-refractivity contribution in [2.75, 3.05) is 33.5 Å². The average Bonchev–Trinajstić information content (AvgIpc) is 2.84. The molecule has 2 aromatic carbocycles. The van der Waals surface area contributed by atoms with Gasteiger partial charge in [-0.1, -0.05) is 12.1 Å². The lowest BCUT2D eigenvalue weighted by molar-refractivity contribution is -0.126. The highest BCUT2D eigenvalue weighted by molar-refractivity contribution is 5.82. The number of benzene rings is 2. The predicted octanol–water partition coefficient (Wildman–Crippen LogP) is 2.84. The molecule has 0 bridgehead atoms. The van der Waals surface area contributed by atoms with Crippen LogP contribution in [0.5, 0.6) is 5.75 Å². The Kier molecular flexibility index (Phi) is 10.3. The van der Waals surface area contributed by atoms with Gasteiger partial charge in [-0.2, -0.15) is 0 Å². The number of anilines is 1. The Bertz CT molecular complexity index is 1060. The molecular formula is C25H31FN4O5. The van der Waals surface area contributed by atoms with E-state index in [0.29, 0.717) is 23.2 Å². The molecule has 2 rings (SSSR count). The number of nitrogens with zero attached hydrogens (tertiary/aromatic N) is 2. The van der Waals surface area contributed by atoms with Crippen LogP contribution >= 0.6 is 0 Å². The van der Waals surface area contributed by atoms with Gasteiger partial charge in [0.05, 0.1) is 6.04 Å². The summed E-state index contributed by atoms with van der Waals surface area (Å²) >= 11 is 0. The summed E-state index contributed by atoms with van der Waals surface area (Å²) in [7, 11) is 6.34. The zero-order valence-electron chi connectivity index (χ0n) is 20.3. The van der Waals surface area contributed by atoms with Gasteiger partial charge in [0.2, 0.25) is 5.91 Å². The van der Waals surface area contributed by atoms with E-state index in [1.54, 1.807) is 44.2 Å². The minimum absolute atomic E-state index is 0.0578. The first kappa shape index (κ1) is 27.5. The van der Waals surface area contributed by atoms with Crippen molar-refractivity contribution < 1.29 is 28.3 Å². The second kappa shape index (κ2) is 13.2. The molecule has 2 amide bonds. The topological polar surface area (TPSA) is 108 Å². The van der Waals surface area contributed by atoms with Gasteiger partial charge in [0, 0.05) is 57.5 Å². The molecule has 0 aliphatic carbocycles. The summed E-state index contributed by atoms with van der Waals surface area (Å²) in [5.41, 5.74) is 1.89. The molecule has 0 fully saturated rings. The Morgan fingerprint density at radius 1 is 1.14 bits per heavy atom. The number of amides is 2. The SMILES string of the molecule is CNC(=O)C(CCC=O)N(C)Cc1c(C=O)cccc1NCc1cc(OC(=O)N(C)C)ccc1F. The molecular weight excluding hydrogens is 455 g/mol. The number of hydrogen-bond donors (Lipinski definition) is 2. The first-order valence-corrected chi connectivity index (χ1v) is 11.1. The van der Waals surface area contributed by atoms with Crippen LogP contribution in [0.15, 0.2) is 36.4 Å². The lowest BCUT2D eigenvalue weighted by atomic mass is 10.0. The third-order valence-corrected chi connectivity index (χ3v) is 5.44. The van der Waals surface area contributed by atoms with Gasteiger partial charge in [-0.15, -0.1) is 0 Å². The molecule has 10 heteroatoms. The minimum atomic E-state index is -0.584. The normalized spacial score (nSPS) is 11.5. The first-order chi connectivity index (χ1) is 16.7. The average molecular weight is 487 g/mol. The van der Waals surface area contributed by atoms with Crippen LogP contribution in [0.2, 0.25) is 0 Å². The number of halogens is 1. The third kappa shape index (κ3) is 7.61. The molecule has 1 unspecified atom stereocenters. The maximum Gasteiger partial charge on any atom is 0.414 e. The second-order valence-corrected chi connectivity index (χ2v) is 8.15. The Hall–Kier alpha value is -3.79. The maximum atomic E-state index is 14.4. The summed E-state index contributed by atoms with van der Waals surface area (Å²) in [5, 5.41) is 5.75. The van der Waals surface area contributed by atoms with E-state index in [1.807, 2.05) is 0 Å². The highest BCUT2D eigenvalue weighted by Gasteiger charge is 2.23. The molecule has 0 saturated carbocycles. The summed E-state index contributed by atoms with van der Waals surface area (Å²) in [4.78, 5) is 49.8. The summed E-state index contributed by atoms with van der Waals surface area (Å²) in [6, 6.07) is 8.55. The molecule has 9 nitrogen and oxygen atoms in total. The van der Waals surface area contributed by atoms with E-state index in [2.05, 4.69) is 10.6 Å². The van der Waals surface area contributed by atoms with Crippen molar-refractivity contribution in [1.29, 1.82) is 0 Å². The molecule has 2 aromatic rings. The molecule has 0 aliphatic heterocycles. The van der Waals surface area contributed by atoms with Crippen molar-refractivity contribution in [2.24, 2.45) is 0 Å². The lowest BCUT2D eigenvalue weighted by Gasteiger charge is -2.28. The molecule has 2 N–H and O–H groups in total. The molecule has 0 heterocycles. The van der Waals surface area contributed by atoms with E-state index >= 15 is 0 Å². The molecule has 0 aromatic heterocycles. The quantitative estimate of drug-likeness (QED) is 0.444. The van der Waals surface area contributed by atoms with Crippen LogP contribution in [-0.2, 0) is 22.7 Å². The van der Waals surface area contributed by atoms with Crippen LogP contribution in [0.1, 0.15) is 34.3 Å². The van der Waals surface area contributed by atoms with Gasteiger partial charge in [0.15, 0.2) is 0 Å². The molecule has 0 radical (unpaired) electrons. The smallest absolute Gasteiger partial charge is 0.410 e. The summed E-state index contributed by atoms with van der Waals surface area (Å²) in [6.07, 6.45) is 1.44. The van der Waals surface area contributed by atoms with E-state index in [-0.39, 0.29) is 36.7 Å². The van der Waals surface area contributed by atoms with Gasteiger partial charge in [-0.3, -0.25) is 14.5 Å². The zero-order chi connectivity index (χ0) is 26.0. The lowest BCUT2D eigenvalue weighted by Crippen LogP contribution is -2.43. The number of nitrogens with one attached hydrogen (secondary N) is 2. The van der Waals surface area contributed by atoms with Gasteiger partial charge in [-0.05, 0) is 43.3 Å². The second-order valence-electron chi connectivity index (χ2n) is 8.15. The van der Waals surface area contributed by atoms with Crippen molar-refractivity contribution in [2.45, 2.75) is 32.0 Å². The fourth-order valence-corrected chi connectivity index (χ4v) is 3.49. The Labute approximate surface area is 204 Å². The molecule has 0 spiro atoms. The molecule has 188 valence electrons. The molecule has 1 atom stereocenters. The summed E-state index contributed by atoms with van der Waals surface area (Å²) in [6.45, 7) is 0.291. The number of likely N-dealkylation sites (N-methyl/N-ethyl adjacent to an activating group) is 2. The standard InChI is InChI=1S/C25H31FN4O5/c1-27-24(33)23(9-6-12-31)30(4)15-20-17(16-32)7-5-8-22(20)28-14-18-13-19(10-11-21(18)26)35-25(34)29(2)3/h5,7-8,10-13,16,23,28H,6,9,14-15H2,1-4H3,(H,27,33). The van der Waals surface area contributed by atoms with Gasteiger partial charge in [0.25, 0.3) is 0 Å². The van der Waals surface area contributed by atoms with Crippen LogP contribution in [-0.4, -0.2) is 68.6 Å². The molecule has 0 saturated heterocycles. The highest BCUT2D eigenvalue weighted by atomic mass is 19.1. The van der Waals surface area contributed by atoms with Gasteiger partial charge in [-0.25, -0.2) is 9.18 Å². The van der Waals surface area contributed by atoms with Gasteiger partial charge < -0.3 is 25.1 Å². The van der Waals surface area contributed by atoms with Gasteiger partial charge in [0.1, 0.15) is 24.1 Å². The fourth-order valence-electron chi connectivity index (χ4n) is 3.49. The third-order valence-electron chi connectivity index (χ3n) is 5.44. The van der Waals surface area contributed by atoms with Crippen LogP contribution in [0.25, 0.3) is 0 Å². The number of carbonyl (C=O) groups is 4. The molecule has 0 aliphatic rings. The Morgan fingerprint density at radius 3 is 2.51 bits per heavy atom. The van der Waals surface area contributed by atoms with E-state index in [1.165, 1.54) is 30.1 Å².